The average molecular weight is 492 g/mol. The Labute approximate surface area is 197 Å². The number of rotatable bonds is 6. The summed E-state index contributed by atoms with van der Waals surface area (Å²) in [6.07, 6.45) is -4.77. The van der Waals surface area contributed by atoms with Crippen LogP contribution in [-0.4, -0.2) is 25.7 Å². The molecular formula is C24H21ClF3N3O3. The van der Waals surface area contributed by atoms with E-state index in [9.17, 15) is 23.4 Å². The predicted octanol–water partition coefficient (Wildman–Crippen LogP) is 4.80. The van der Waals surface area contributed by atoms with Gasteiger partial charge in [0, 0.05) is 17.6 Å². The third-order valence-corrected chi connectivity index (χ3v) is 5.54. The van der Waals surface area contributed by atoms with E-state index >= 15 is 0 Å². The molecule has 0 bridgehead atoms. The molecule has 178 valence electrons. The van der Waals surface area contributed by atoms with Crippen molar-refractivity contribution < 1.29 is 28.1 Å². The van der Waals surface area contributed by atoms with Crippen LogP contribution in [0.25, 0.3) is 11.0 Å². The molecule has 0 atom stereocenters. The molecule has 0 radical (unpaired) electrons. The first-order valence-electron chi connectivity index (χ1n) is 10.3. The molecule has 4 aromatic rings. The molecular weight excluding hydrogens is 471 g/mol. The normalized spacial score (nSPS) is 12.5. The lowest BCUT2D eigenvalue weighted by atomic mass is 10.1. The summed E-state index contributed by atoms with van der Waals surface area (Å²) in [6, 6.07) is 16.1. The first-order valence-corrected chi connectivity index (χ1v) is 10.6. The average Bonchev–Trinajstić information content (AvgIpc) is 3.05. The van der Waals surface area contributed by atoms with Gasteiger partial charge in [-0.1, -0.05) is 35.9 Å². The van der Waals surface area contributed by atoms with E-state index in [1.165, 1.54) is 24.3 Å². The van der Waals surface area contributed by atoms with E-state index in [4.69, 9.17) is 11.6 Å². The topological polar surface area (TPSA) is 71.9 Å². The van der Waals surface area contributed by atoms with Crippen molar-refractivity contribution in [1.82, 2.24) is 9.13 Å². The second-order valence-corrected chi connectivity index (χ2v) is 8.10. The van der Waals surface area contributed by atoms with Crippen LogP contribution >= 0.6 is 11.6 Å². The van der Waals surface area contributed by atoms with Gasteiger partial charge in [-0.15, -0.1) is 13.2 Å². The molecule has 0 unspecified atom stereocenters. The Hall–Kier alpha value is -3.27. The zero-order chi connectivity index (χ0) is 24.5. The van der Waals surface area contributed by atoms with Crippen molar-refractivity contribution in [3.05, 3.63) is 88.0 Å². The van der Waals surface area contributed by atoms with Gasteiger partial charge in [-0.25, -0.2) is 4.99 Å². The highest BCUT2D eigenvalue weighted by Gasteiger charge is 2.31. The van der Waals surface area contributed by atoms with Crippen LogP contribution in [0.2, 0.25) is 5.02 Å². The fourth-order valence-corrected chi connectivity index (χ4v) is 4.04. The minimum Gasteiger partial charge on any atom is -0.406 e. The number of ether oxygens (including phenoxy) is 1. The number of aliphatic hydroxyl groups excluding tert-OH is 2. The Morgan fingerprint density at radius 3 is 2.18 bits per heavy atom. The molecule has 0 amide bonds. The highest BCUT2D eigenvalue weighted by atomic mass is 35.5. The molecule has 6 nitrogen and oxygen atoms in total. The fourth-order valence-electron chi connectivity index (χ4n) is 3.80. The van der Waals surface area contributed by atoms with Gasteiger partial charge < -0.3 is 24.1 Å². The number of aryl methyl sites for hydroxylation is 1. The van der Waals surface area contributed by atoms with Gasteiger partial charge in [0.25, 0.3) is 0 Å². The third-order valence-electron chi connectivity index (χ3n) is 5.32. The minimum absolute atomic E-state index is 0.0637. The molecule has 10 heteroatoms. The summed E-state index contributed by atoms with van der Waals surface area (Å²) in [4.78, 5) is 4.67. The number of aromatic nitrogens is 2. The summed E-state index contributed by atoms with van der Waals surface area (Å²) in [6.45, 7) is 0.108. The summed E-state index contributed by atoms with van der Waals surface area (Å²) in [5.41, 5.74) is 4.72. The molecule has 34 heavy (non-hydrogen) atoms. The van der Waals surface area contributed by atoms with E-state index in [-0.39, 0.29) is 19.0 Å². The molecule has 1 heterocycles. The van der Waals surface area contributed by atoms with Crippen LogP contribution in [-0.2, 0) is 26.8 Å². The number of fused-ring (bicyclic) bond motifs is 1. The van der Waals surface area contributed by atoms with E-state index < -0.39 is 6.36 Å². The Balaban J connectivity index is 1.87. The molecule has 0 spiro atoms. The SMILES string of the molecule is Cn1c(=Nc2ccc(OC(F)(F)F)cc2)n(Cc2ccc(CO)cc2)c2cc(Cl)cc(CO)c21. The minimum atomic E-state index is -4.77. The number of imidazole rings is 1. The first kappa shape index (κ1) is 23.9. The quantitative estimate of drug-likeness (QED) is 0.407. The molecule has 0 saturated carbocycles. The Morgan fingerprint density at radius 1 is 0.941 bits per heavy atom. The highest BCUT2D eigenvalue weighted by Crippen LogP contribution is 2.26. The van der Waals surface area contributed by atoms with Gasteiger partial charge >= 0.3 is 6.36 Å². The summed E-state index contributed by atoms with van der Waals surface area (Å²) in [5.74, 6) is -0.338. The predicted molar refractivity (Wildman–Crippen MR) is 122 cm³/mol. The van der Waals surface area contributed by atoms with Gasteiger partial charge in [-0.3, -0.25) is 0 Å². The number of nitrogens with zero attached hydrogens (tertiary/aromatic N) is 3. The van der Waals surface area contributed by atoms with Crippen molar-refractivity contribution in [3.8, 4) is 5.75 Å². The van der Waals surface area contributed by atoms with Crippen molar-refractivity contribution in [2.24, 2.45) is 12.0 Å². The summed E-state index contributed by atoms with van der Waals surface area (Å²) < 4.78 is 45.1. The first-order chi connectivity index (χ1) is 16.2. The van der Waals surface area contributed by atoms with Crippen LogP contribution < -0.4 is 10.4 Å². The Morgan fingerprint density at radius 2 is 1.59 bits per heavy atom. The van der Waals surface area contributed by atoms with Crippen LogP contribution in [0, 0.1) is 0 Å². The van der Waals surface area contributed by atoms with Crippen LogP contribution in [0.15, 0.2) is 65.7 Å². The molecule has 0 aliphatic carbocycles. The van der Waals surface area contributed by atoms with Gasteiger partial charge in [0.15, 0.2) is 0 Å². The number of aliphatic hydroxyl groups is 2. The van der Waals surface area contributed by atoms with Gasteiger partial charge in [-0.05, 0) is 47.5 Å². The summed E-state index contributed by atoms with van der Waals surface area (Å²) in [5, 5.41) is 19.7. The van der Waals surface area contributed by atoms with E-state index in [0.29, 0.717) is 28.4 Å². The van der Waals surface area contributed by atoms with Crippen LogP contribution in [0.3, 0.4) is 0 Å². The van der Waals surface area contributed by atoms with Crippen molar-refractivity contribution >= 4 is 28.3 Å². The van der Waals surface area contributed by atoms with E-state index in [2.05, 4.69) is 9.73 Å². The van der Waals surface area contributed by atoms with E-state index in [1.807, 2.05) is 28.8 Å². The van der Waals surface area contributed by atoms with Crippen LogP contribution in [0.5, 0.6) is 5.75 Å². The van der Waals surface area contributed by atoms with Gasteiger partial charge in [-0.2, -0.15) is 0 Å². The van der Waals surface area contributed by atoms with Gasteiger partial charge in [0.1, 0.15) is 5.75 Å². The van der Waals surface area contributed by atoms with Crippen molar-refractivity contribution in [2.75, 3.05) is 0 Å². The molecule has 0 saturated heterocycles. The van der Waals surface area contributed by atoms with Gasteiger partial charge in [0.05, 0.1) is 36.5 Å². The lowest BCUT2D eigenvalue weighted by Crippen LogP contribution is -2.24. The zero-order valence-corrected chi connectivity index (χ0v) is 18.8. The lowest BCUT2D eigenvalue weighted by molar-refractivity contribution is -0.274. The number of hydrogen-bond acceptors (Lipinski definition) is 4. The number of benzene rings is 3. The monoisotopic (exact) mass is 491 g/mol. The maximum Gasteiger partial charge on any atom is 0.573 e. The smallest absolute Gasteiger partial charge is 0.406 e. The largest absolute Gasteiger partial charge is 0.573 e. The second kappa shape index (κ2) is 9.54. The number of halogens is 4. The summed E-state index contributed by atoms with van der Waals surface area (Å²) in [7, 11) is 1.79. The Kier molecular flexibility index (Phi) is 6.70. The van der Waals surface area contributed by atoms with Gasteiger partial charge in [0.2, 0.25) is 5.62 Å². The highest BCUT2D eigenvalue weighted by molar-refractivity contribution is 6.31. The molecule has 0 aliphatic rings. The van der Waals surface area contributed by atoms with Crippen LogP contribution in [0.4, 0.5) is 18.9 Å². The zero-order valence-electron chi connectivity index (χ0n) is 18.1. The molecule has 4 rings (SSSR count). The molecule has 0 aliphatic heterocycles. The summed E-state index contributed by atoms with van der Waals surface area (Å²) >= 11 is 6.31. The van der Waals surface area contributed by atoms with Crippen molar-refractivity contribution in [1.29, 1.82) is 0 Å². The molecule has 3 aromatic carbocycles. The Bertz CT molecular complexity index is 1380. The van der Waals surface area contributed by atoms with Crippen molar-refractivity contribution in [2.45, 2.75) is 26.1 Å². The molecule has 0 fully saturated rings. The van der Waals surface area contributed by atoms with Crippen molar-refractivity contribution in [3.63, 3.8) is 0 Å². The number of alkyl halides is 3. The number of hydrogen-bond donors (Lipinski definition) is 2. The standard InChI is InChI=1S/C24H21ClF3N3O3/c1-30-22-17(14-33)10-18(25)11-21(22)31(12-15-2-4-16(13-32)5-3-15)23(30)29-19-6-8-20(9-7-19)34-24(26,27)28/h2-11,32-33H,12-14H2,1H3. The lowest BCUT2D eigenvalue weighted by Gasteiger charge is -2.09. The third kappa shape index (κ3) is 5.11. The molecule has 2 N–H and O–H groups in total. The fraction of sp³-hybridized carbons (Fsp3) is 0.208. The maximum atomic E-state index is 12.5. The second-order valence-electron chi connectivity index (χ2n) is 7.66. The maximum absolute atomic E-state index is 12.5. The van der Waals surface area contributed by atoms with Crippen LogP contribution in [0.1, 0.15) is 16.7 Å². The van der Waals surface area contributed by atoms with E-state index in [0.717, 1.165) is 22.2 Å². The molecule has 1 aromatic heterocycles. The van der Waals surface area contributed by atoms with E-state index in [1.54, 1.807) is 23.7 Å².